The van der Waals surface area contributed by atoms with Gasteiger partial charge in [0.15, 0.2) is 0 Å². The summed E-state index contributed by atoms with van der Waals surface area (Å²) in [5.41, 5.74) is 0.333. The van der Waals surface area contributed by atoms with E-state index in [9.17, 15) is 19.7 Å². The summed E-state index contributed by atoms with van der Waals surface area (Å²) < 4.78 is 0. The molecular formula is C17H14ClN5O4. The van der Waals surface area contributed by atoms with E-state index in [-0.39, 0.29) is 27.0 Å². The lowest BCUT2D eigenvalue weighted by Crippen LogP contribution is -2.46. The molecule has 3 rings (SSSR count). The topological polar surface area (TPSA) is 138 Å². The van der Waals surface area contributed by atoms with Crippen LogP contribution in [0, 0.1) is 10.1 Å². The molecule has 0 bridgehead atoms. The molecule has 0 aliphatic carbocycles. The van der Waals surface area contributed by atoms with Crippen LogP contribution >= 0.6 is 11.6 Å². The van der Waals surface area contributed by atoms with Gasteiger partial charge in [-0.1, -0.05) is 18.5 Å². The number of hydrogen-bond acceptors (Lipinski definition) is 5. The zero-order chi connectivity index (χ0) is 19.6. The number of nitro benzene ring substituents is 1. The van der Waals surface area contributed by atoms with Crippen LogP contribution in [0.4, 0.5) is 5.69 Å². The normalized spacial score (nSPS) is 12.5. The molecule has 3 N–H and O–H groups in total. The molecule has 1 aromatic carbocycles. The molecule has 0 amide bonds. The average Bonchev–Trinajstić information content (AvgIpc) is 3.08. The second kappa shape index (κ2) is 7.42. The van der Waals surface area contributed by atoms with Crippen molar-refractivity contribution in [2.24, 2.45) is 0 Å². The Morgan fingerprint density at radius 1 is 1.19 bits per heavy atom. The Labute approximate surface area is 156 Å². The van der Waals surface area contributed by atoms with Crippen molar-refractivity contribution in [1.82, 2.24) is 19.9 Å². The standard InChI is InChI=1S/C17H14ClN5O4/c1-2-12-13(20-8-19-12)7-15-17(25)21-14(16(24)22-15)6-9-5-10(23(26)27)3-4-11(9)18/h3-8H,2H2,1H3,(H,19,20)(H,21,25)(H,22,24)/b14-6-,15-7-. The van der Waals surface area contributed by atoms with Crippen LogP contribution < -0.4 is 21.8 Å². The Morgan fingerprint density at radius 2 is 1.85 bits per heavy atom. The second-order valence-corrected chi connectivity index (χ2v) is 6.01. The van der Waals surface area contributed by atoms with Crippen molar-refractivity contribution in [3.63, 3.8) is 0 Å². The van der Waals surface area contributed by atoms with Gasteiger partial charge in [-0.15, -0.1) is 0 Å². The van der Waals surface area contributed by atoms with Gasteiger partial charge in [0.25, 0.3) is 16.8 Å². The number of rotatable bonds is 4. The first-order valence-corrected chi connectivity index (χ1v) is 8.29. The molecule has 9 nitrogen and oxygen atoms in total. The number of benzene rings is 1. The molecule has 0 aliphatic heterocycles. The Balaban J connectivity index is 2.15. The molecule has 27 heavy (non-hydrogen) atoms. The summed E-state index contributed by atoms with van der Waals surface area (Å²) in [4.78, 5) is 47.0. The molecule has 0 atom stereocenters. The molecule has 0 spiro atoms. The van der Waals surface area contributed by atoms with Gasteiger partial charge in [0.2, 0.25) is 0 Å². The largest absolute Gasteiger partial charge is 0.348 e. The summed E-state index contributed by atoms with van der Waals surface area (Å²) in [5.74, 6) is 0. The molecule has 0 radical (unpaired) electrons. The fourth-order valence-electron chi connectivity index (χ4n) is 2.48. The number of hydrogen-bond donors (Lipinski definition) is 3. The Hall–Kier alpha value is -3.46. The van der Waals surface area contributed by atoms with Crippen LogP contribution in [0.5, 0.6) is 0 Å². The number of halogens is 1. The molecule has 0 unspecified atom stereocenters. The SMILES string of the molecule is CCc1[nH]cnc1/C=c1\[nH]c(=O)/c(=C/c2cc([N+](=O)[O-])ccc2Cl)[nH]c1=O. The van der Waals surface area contributed by atoms with Crippen LogP contribution in [0.3, 0.4) is 0 Å². The molecule has 0 aliphatic rings. The van der Waals surface area contributed by atoms with E-state index in [4.69, 9.17) is 11.6 Å². The maximum atomic E-state index is 12.3. The predicted molar refractivity (Wildman–Crippen MR) is 100 cm³/mol. The number of imidazole rings is 1. The van der Waals surface area contributed by atoms with E-state index in [1.807, 2.05) is 6.92 Å². The van der Waals surface area contributed by atoms with Crippen molar-refractivity contribution in [3.05, 3.63) is 88.0 Å². The number of aromatic amines is 3. The molecular weight excluding hydrogens is 374 g/mol. The fraction of sp³-hybridized carbons (Fsp3) is 0.118. The van der Waals surface area contributed by atoms with Crippen molar-refractivity contribution in [1.29, 1.82) is 0 Å². The fourth-order valence-corrected chi connectivity index (χ4v) is 2.65. The third-order valence-electron chi connectivity index (χ3n) is 3.86. The molecule has 0 saturated carbocycles. The van der Waals surface area contributed by atoms with Crippen LogP contribution in [0.2, 0.25) is 5.02 Å². The Bertz CT molecular complexity index is 1260. The maximum Gasteiger partial charge on any atom is 0.272 e. The number of aryl methyl sites for hydroxylation is 1. The number of nitrogens with zero attached hydrogens (tertiary/aromatic N) is 2. The second-order valence-electron chi connectivity index (χ2n) is 5.61. The smallest absolute Gasteiger partial charge is 0.272 e. The van der Waals surface area contributed by atoms with Crippen LogP contribution in [-0.2, 0) is 6.42 Å². The van der Waals surface area contributed by atoms with Gasteiger partial charge in [0, 0.05) is 28.4 Å². The zero-order valence-electron chi connectivity index (χ0n) is 14.1. The molecule has 10 heteroatoms. The number of aromatic nitrogens is 4. The van der Waals surface area contributed by atoms with E-state index in [1.54, 1.807) is 0 Å². The highest BCUT2D eigenvalue weighted by atomic mass is 35.5. The van der Waals surface area contributed by atoms with E-state index in [0.29, 0.717) is 12.1 Å². The lowest BCUT2D eigenvalue weighted by atomic mass is 10.2. The number of nitro groups is 1. The molecule has 2 aromatic heterocycles. The first-order valence-electron chi connectivity index (χ1n) is 7.91. The summed E-state index contributed by atoms with van der Waals surface area (Å²) in [5, 5.41) is 11.1. The van der Waals surface area contributed by atoms with Gasteiger partial charge in [0.05, 0.1) is 16.9 Å². The highest BCUT2D eigenvalue weighted by Crippen LogP contribution is 2.22. The maximum absolute atomic E-state index is 12.3. The van der Waals surface area contributed by atoms with Gasteiger partial charge in [-0.25, -0.2) is 4.98 Å². The first kappa shape index (κ1) is 18.3. The Kier molecular flexibility index (Phi) is 5.04. The van der Waals surface area contributed by atoms with E-state index in [0.717, 1.165) is 5.69 Å². The number of non-ortho nitro benzene ring substituents is 1. The van der Waals surface area contributed by atoms with Crippen molar-refractivity contribution >= 4 is 29.4 Å². The Morgan fingerprint density at radius 3 is 2.48 bits per heavy atom. The lowest BCUT2D eigenvalue weighted by molar-refractivity contribution is -0.384. The van der Waals surface area contributed by atoms with Crippen LogP contribution in [-0.4, -0.2) is 24.9 Å². The van der Waals surface area contributed by atoms with Gasteiger partial charge in [-0.3, -0.25) is 19.7 Å². The molecule has 0 saturated heterocycles. The summed E-state index contributed by atoms with van der Waals surface area (Å²) in [7, 11) is 0. The van der Waals surface area contributed by atoms with E-state index in [2.05, 4.69) is 19.9 Å². The van der Waals surface area contributed by atoms with Gasteiger partial charge in [0.1, 0.15) is 10.7 Å². The van der Waals surface area contributed by atoms with Gasteiger partial charge < -0.3 is 15.0 Å². The highest BCUT2D eigenvalue weighted by Gasteiger charge is 2.09. The quantitative estimate of drug-likeness (QED) is 0.444. The minimum absolute atomic E-state index is 0.0455. The van der Waals surface area contributed by atoms with Gasteiger partial charge in [-0.2, -0.15) is 0 Å². The third kappa shape index (κ3) is 3.87. The van der Waals surface area contributed by atoms with Crippen molar-refractivity contribution in [2.45, 2.75) is 13.3 Å². The molecule has 0 fully saturated rings. The van der Waals surface area contributed by atoms with Gasteiger partial charge in [-0.05, 0) is 24.6 Å². The van der Waals surface area contributed by atoms with E-state index in [1.165, 1.54) is 36.7 Å². The molecule has 2 heterocycles. The summed E-state index contributed by atoms with van der Waals surface area (Å²) in [6.07, 6.45) is 4.94. The summed E-state index contributed by atoms with van der Waals surface area (Å²) >= 11 is 6.03. The van der Waals surface area contributed by atoms with E-state index >= 15 is 0 Å². The van der Waals surface area contributed by atoms with Crippen LogP contribution in [0.15, 0.2) is 34.1 Å². The van der Waals surface area contributed by atoms with E-state index < -0.39 is 16.0 Å². The summed E-state index contributed by atoms with van der Waals surface area (Å²) in [6, 6.07) is 3.82. The predicted octanol–water partition coefficient (Wildman–Crippen LogP) is 0.568. The number of nitrogens with one attached hydrogen (secondary N) is 3. The van der Waals surface area contributed by atoms with Crippen LogP contribution in [0.25, 0.3) is 12.2 Å². The van der Waals surface area contributed by atoms with Gasteiger partial charge >= 0.3 is 0 Å². The minimum atomic E-state index is -0.576. The van der Waals surface area contributed by atoms with Crippen molar-refractivity contribution < 1.29 is 4.92 Å². The number of H-pyrrole nitrogens is 3. The van der Waals surface area contributed by atoms with Crippen molar-refractivity contribution in [3.8, 4) is 0 Å². The summed E-state index contributed by atoms with van der Waals surface area (Å²) in [6.45, 7) is 1.93. The highest BCUT2D eigenvalue weighted by molar-refractivity contribution is 6.32. The minimum Gasteiger partial charge on any atom is -0.348 e. The monoisotopic (exact) mass is 387 g/mol. The van der Waals surface area contributed by atoms with Crippen molar-refractivity contribution in [2.75, 3.05) is 0 Å². The average molecular weight is 388 g/mol. The lowest BCUT2D eigenvalue weighted by Gasteiger charge is -1.98. The third-order valence-corrected chi connectivity index (χ3v) is 4.21. The first-order chi connectivity index (χ1) is 12.9. The molecule has 3 aromatic rings. The molecule has 138 valence electrons. The zero-order valence-corrected chi connectivity index (χ0v) is 14.8. The van der Waals surface area contributed by atoms with Crippen LogP contribution in [0.1, 0.15) is 23.9 Å².